The van der Waals surface area contributed by atoms with Crippen molar-refractivity contribution in [3.05, 3.63) is 68.3 Å². The molecule has 8 nitrogen and oxygen atoms in total. The van der Waals surface area contributed by atoms with Crippen LogP contribution >= 0.6 is 22.6 Å². The lowest BCUT2D eigenvalue weighted by molar-refractivity contribution is -0.140. The molecule has 0 aromatic heterocycles. The summed E-state index contributed by atoms with van der Waals surface area (Å²) in [5.41, 5.74) is 5.01. The molecule has 4 atom stereocenters. The molecule has 0 bridgehead atoms. The van der Waals surface area contributed by atoms with Crippen molar-refractivity contribution in [2.75, 3.05) is 27.4 Å². The van der Waals surface area contributed by atoms with Gasteiger partial charge in [0, 0.05) is 13.7 Å². The average molecular weight is 685 g/mol. The van der Waals surface area contributed by atoms with Gasteiger partial charge in [-0.3, -0.25) is 14.5 Å². The minimum atomic E-state index is -1.03. The summed E-state index contributed by atoms with van der Waals surface area (Å²) in [5, 5.41) is 21.2. The van der Waals surface area contributed by atoms with Crippen LogP contribution < -0.4 is 4.74 Å². The Morgan fingerprint density at radius 1 is 1.17 bits per heavy atom. The third kappa shape index (κ3) is 6.04. The zero-order valence-corrected chi connectivity index (χ0v) is 26.4. The molecule has 42 heavy (non-hydrogen) atoms. The van der Waals surface area contributed by atoms with Crippen LogP contribution in [0.25, 0.3) is 11.6 Å². The first-order chi connectivity index (χ1) is 20.3. The Bertz CT molecular complexity index is 1390. The lowest BCUT2D eigenvalue weighted by Gasteiger charge is -2.43. The van der Waals surface area contributed by atoms with Crippen LogP contribution in [0.5, 0.6) is 11.5 Å². The van der Waals surface area contributed by atoms with E-state index in [9.17, 15) is 19.7 Å². The van der Waals surface area contributed by atoms with Crippen LogP contribution in [0, 0.1) is 21.3 Å². The molecule has 10 heteroatoms. The van der Waals surface area contributed by atoms with Crippen LogP contribution in [-0.4, -0.2) is 67.4 Å². The highest BCUT2D eigenvalue weighted by Crippen LogP contribution is 2.51. The smallest absolute Gasteiger partial charge is 0.455 e. The number of carbonyl (C=O) groups is 2. The molecule has 2 fully saturated rings. The standard InChI is InChI=1S/C32H37BINO7/c1-4-12-35-31(37)23-16-22(18-40-2)28-24(29(23)32(35)38)17-33(39)42-26(28)11-10-21(20-8-6-5-7-9-20)13-19-14-25(34)30(36)27(15-19)41-3/h5-9,13-15,23-24,26,29,36,39H,4,10-12,16-18H2,1-3H3/b21-13-/t23-,24+,26-,29-/m1/s1. The van der Waals surface area contributed by atoms with Gasteiger partial charge in [-0.2, -0.15) is 0 Å². The van der Waals surface area contributed by atoms with Crippen molar-refractivity contribution < 1.29 is 33.8 Å². The largest absolute Gasteiger partial charge is 0.504 e. The van der Waals surface area contributed by atoms with Crippen molar-refractivity contribution in [2.45, 2.75) is 45.0 Å². The number of methoxy groups -OCH3 is 2. The predicted molar refractivity (Wildman–Crippen MR) is 170 cm³/mol. The number of imide groups is 1. The summed E-state index contributed by atoms with van der Waals surface area (Å²) in [4.78, 5) is 28.2. The van der Waals surface area contributed by atoms with Gasteiger partial charge in [-0.1, -0.05) is 43.3 Å². The number of likely N-dealkylation sites (tertiary alicyclic amines) is 1. The van der Waals surface area contributed by atoms with Gasteiger partial charge >= 0.3 is 7.12 Å². The average Bonchev–Trinajstić information content (AvgIpc) is 3.22. The summed E-state index contributed by atoms with van der Waals surface area (Å²) in [6.07, 6.45) is 4.32. The van der Waals surface area contributed by atoms with Gasteiger partial charge in [0.05, 0.1) is 35.2 Å². The van der Waals surface area contributed by atoms with Gasteiger partial charge in [0.15, 0.2) is 11.5 Å². The maximum atomic E-state index is 13.5. The molecule has 2 saturated heterocycles. The van der Waals surface area contributed by atoms with Crippen molar-refractivity contribution in [1.29, 1.82) is 0 Å². The number of nitrogens with zero attached hydrogens (tertiary/aromatic N) is 1. The van der Waals surface area contributed by atoms with Crippen LogP contribution in [0.4, 0.5) is 0 Å². The fourth-order valence-electron chi connectivity index (χ4n) is 6.85. The molecule has 2 aromatic carbocycles. The van der Waals surface area contributed by atoms with E-state index in [4.69, 9.17) is 14.1 Å². The SMILES string of the molecule is CCCN1C(=O)[C@@H]2[C@@H](CC(COC)=C3[C@@H](CC/C(=C/c4cc(I)c(O)c(OC)c4)c4ccccc4)OB(O)C[C@@H]32)C1=O. The topological polar surface area (TPSA) is 106 Å². The van der Waals surface area contributed by atoms with Crippen LogP contribution in [0.2, 0.25) is 6.32 Å². The molecule has 2 N–H and O–H groups in total. The Labute approximate surface area is 261 Å². The number of allylic oxidation sites excluding steroid dienone is 1. The number of fused-ring (bicyclic) bond motifs is 3. The minimum absolute atomic E-state index is 0.106. The molecule has 3 aliphatic rings. The van der Waals surface area contributed by atoms with E-state index in [0.29, 0.717) is 48.2 Å². The van der Waals surface area contributed by atoms with E-state index in [1.807, 2.05) is 37.3 Å². The lowest BCUT2D eigenvalue weighted by atomic mass is 9.58. The van der Waals surface area contributed by atoms with Gasteiger partial charge in [-0.05, 0) is 100 Å². The summed E-state index contributed by atoms with van der Waals surface area (Å²) < 4.78 is 17.8. The molecular weight excluding hydrogens is 648 g/mol. The fourth-order valence-corrected chi connectivity index (χ4v) is 7.48. The van der Waals surface area contributed by atoms with Gasteiger partial charge in [-0.25, -0.2) is 0 Å². The summed E-state index contributed by atoms with van der Waals surface area (Å²) in [5.74, 6) is -0.881. The number of phenols is 1. The van der Waals surface area contributed by atoms with Gasteiger partial charge in [0.25, 0.3) is 0 Å². The number of aromatic hydroxyl groups is 1. The molecule has 1 aliphatic carbocycles. The van der Waals surface area contributed by atoms with Crippen molar-refractivity contribution >= 4 is 53.2 Å². The Hall–Kier alpha value is -2.67. The summed E-state index contributed by atoms with van der Waals surface area (Å²) in [6, 6.07) is 13.8. The Kier molecular flexibility index (Phi) is 9.76. The van der Waals surface area contributed by atoms with Crippen LogP contribution in [0.15, 0.2) is 53.6 Å². The highest BCUT2D eigenvalue weighted by Gasteiger charge is 2.57. The Morgan fingerprint density at radius 3 is 2.62 bits per heavy atom. The monoisotopic (exact) mass is 685 g/mol. The number of hydrogen-bond donors (Lipinski definition) is 2. The normalized spacial score (nSPS) is 24.3. The number of phenolic OH excluding ortho intramolecular Hbond substituents is 1. The molecular formula is C32H37BINO7. The first-order valence-electron chi connectivity index (χ1n) is 14.5. The fraction of sp³-hybridized carbons (Fsp3) is 0.438. The molecule has 0 spiro atoms. The third-order valence-electron chi connectivity index (χ3n) is 8.60. The van der Waals surface area contributed by atoms with Crippen molar-refractivity contribution in [3.63, 3.8) is 0 Å². The van der Waals surface area contributed by atoms with E-state index in [1.54, 1.807) is 7.11 Å². The van der Waals surface area contributed by atoms with Gasteiger partial charge in [0.1, 0.15) is 0 Å². The number of hydrogen-bond acceptors (Lipinski definition) is 7. The Balaban J connectivity index is 1.49. The second-order valence-electron chi connectivity index (χ2n) is 11.2. The Morgan fingerprint density at radius 2 is 1.93 bits per heavy atom. The number of benzene rings is 2. The zero-order valence-electron chi connectivity index (χ0n) is 24.2. The van der Waals surface area contributed by atoms with Crippen molar-refractivity contribution in [1.82, 2.24) is 4.90 Å². The number of rotatable bonds is 10. The highest BCUT2D eigenvalue weighted by molar-refractivity contribution is 14.1. The second-order valence-corrected chi connectivity index (χ2v) is 12.4. The quantitative estimate of drug-likeness (QED) is 0.117. The number of amides is 2. The van der Waals surface area contributed by atoms with Crippen LogP contribution in [-0.2, 0) is 19.0 Å². The van der Waals surface area contributed by atoms with Crippen LogP contribution in [0.1, 0.15) is 43.7 Å². The second kappa shape index (κ2) is 13.3. The van der Waals surface area contributed by atoms with E-state index in [2.05, 4.69) is 40.8 Å². The molecule has 2 aromatic rings. The molecule has 2 aliphatic heterocycles. The van der Waals surface area contributed by atoms with E-state index in [1.165, 1.54) is 12.0 Å². The van der Waals surface area contributed by atoms with E-state index >= 15 is 0 Å². The molecule has 0 saturated carbocycles. The first-order valence-corrected chi connectivity index (χ1v) is 15.6. The van der Waals surface area contributed by atoms with Gasteiger partial charge < -0.3 is 24.3 Å². The summed E-state index contributed by atoms with van der Waals surface area (Å²) in [6.45, 7) is 2.73. The minimum Gasteiger partial charge on any atom is -0.504 e. The number of ether oxygens (including phenoxy) is 2. The zero-order chi connectivity index (χ0) is 30.0. The number of carbonyl (C=O) groups excluding carboxylic acids is 2. The van der Waals surface area contributed by atoms with E-state index in [0.717, 1.165) is 27.8 Å². The van der Waals surface area contributed by atoms with Crippen molar-refractivity contribution in [2.24, 2.45) is 17.8 Å². The predicted octanol–water partition coefficient (Wildman–Crippen LogP) is 5.18. The lowest BCUT2D eigenvalue weighted by Crippen LogP contribution is -2.46. The molecule has 2 amide bonds. The van der Waals surface area contributed by atoms with Gasteiger partial charge in [0.2, 0.25) is 11.8 Å². The van der Waals surface area contributed by atoms with E-state index < -0.39 is 25.1 Å². The highest BCUT2D eigenvalue weighted by atomic mass is 127. The summed E-state index contributed by atoms with van der Waals surface area (Å²) >= 11 is 2.09. The molecule has 2 heterocycles. The van der Waals surface area contributed by atoms with Gasteiger partial charge in [-0.15, -0.1) is 0 Å². The van der Waals surface area contributed by atoms with Crippen molar-refractivity contribution in [3.8, 4) is 11.5 Å². The summed E-state index contributed by atoms with van der Waals surface area (Å²) in [7, 11) is 2.14. The maximum absolute atomic E-state index is 13.5. The molecule has 0 unspecified atom stereocenters. The third-order valence-corrected chi connectivity index (χ3v) is 9.42. The van der Waals surface area contributed by atoms with Crippen LogP contribution in [0.3, 0.4) is 0 Å². The maximum Gasteiger partial charge on any atom is 0.455 e. The molecule has 222 valence electrons. The first kappa shape index (κ1) is 30.8. The number of halogens is 1. The van der Waals surface area contributed by atoms with E-state index in [-0.39, 0.29) is 29.8 Å². The molecule has 0 radical (unpaired) electrons. The molecule has 5 rings (SSSR count).